The van der Waals surface area contributed by atoms with Crippen LogP contribution < -0.4 is 10.2 Å². The molecule has 1 aliphatic heterocycles. The van der Waals surface area contributed by atoms with E-state index < -0.39 is 0 Å². The van der Waals surface area contributed by atoms with Gasteiger partial charge in [-0.1, -0.05) is 31.2 Å². The third-order valence-electron chi connectivity index (χ3n) is 6.19. The molecule has 1 N–H and O–H groups in total. The molecule has 1 aromatic carbocycles. The molecule has 0 saturated carbocycles. The van der Waals surface area contributed by atoms with Crippen molar-refractivity contribution in [2.24, 2.45) is 5.92 Å². The molecule has 2 aliphatic rings. The summed E-state index contributed by atoms with van der Waals surface area (Å²) in [5, 5.41) is 4.16. The van der Waals surface area contributed by atoms with Crippen molar-refractivity contribution < 1.29 is 9.59 Å². The number of rotatable bonds is 5. The zero-order valence-electron chi connectivity index (χ0n) is 17.8. The summed E-state index contributed by atoms with van der Waals surface area (Å²) in [5.41, 5.74) is 3.61. The number of fused-ring (bicyclic) bond motifs is 1. The predicted octanol–water partition coefficient (Wildman–Crippen LogP) is 2.80. The summed E-state index contributed by atoms with van der Waals surface area (Å²) in [6.07, 6.45) is 3.53. The number of carbonyl (C=O) groups is 2. The molecule has 0 bridgehead atoms. The number of carbonyl (C=O) groups excluding carboxylic acids is 2. The summed E-state index contributed by atoms with van der Waals surface area (Å²) in [4.78, 5) is 34.5. The molecule has 6 nitrogen and oxygen atoms in total. The Morgan fingerprint density at radius 2 is 1.83 bits per heavy atom. The smallest absolute Gasteiger partial charge is 0.223 e. The summed E-state index contributed by atoms with van der Waals surface area (Å²) in [7, 11) is 0. The summed E-state index contributed by atoms with van der Waals surface area (Å²) < 4.78 is 0. The molecule has 4 rings (SSSR count). The van der Waals surface area contributed by atoms with Crippen LogP contribution in [-0.4, -0.2) is 47.9 Å². The molecule has 2 heterocycles. The first kappa shape index (κ1) is 20.8. The number of anilines is 1. The molecule has 0 spiro atoms. The Labute approximate surface area is 182 Å². The van der Waals surface area contributed by atoms with E-state index in [4.69, 9.17) is 4.98 Å². The molecule has 1 fully saturated rings. The maximum absolute atomic E-state index is 12.7. The van der Waals surface area contributed by atoms with Crippen LogP contribution in [-0.2, 0) is 35.4 Å². The van der Waals surface area contributed by atoms with Gasteiger partial charge in [0.05, 0.1) is 5.69 Å². The fraction of sp³-hybridized carbons (Fsp3) is 0.522. The number of hydrogen-bond donors (Lipinski definition) is 1. The van der Waals surface area contributed by atoms with E-state index in [1.165, 1.54) is 10.4 Å². The molecule has 0 unspecified atom stereocenters. The molecule has 1 saturated heterocycles. The molecular weight excluding hydrogens is 396 g/mol. The van der Waals surface area contributed by atoms with E-state index in [0.29, 0.717) is 6.54 Å². The van der Waals surface area contributed by atoms with Crippen LogP contribution in [0.4, 0.5) is 5.13 Å². The summed E-state index contributed by atoms with van der Waals surface area (Å²) >= 11 is 1.72. The highest BCUT2D eigenvalue weighted by Gasteiger charge is 2.29. The van der Waals surface area contributed by atoms with E-state index in [9.17, 15) is 9.59 Å². The summed E-state index contributed by atoms with van der Waals surface area (Å²) in [6.45, 7) is 7.52. The first-order chi connectivity index (χ1) is 14.5. The second-order valence-electron chi connectivity index (χ2n) is 8.19. The van der Waals surface area contributed by atoms with E-state index >= 15 is 0 Å². The van der Waals surface area contributed by atoms with Crippen LogP contribution in [0.15, 0.2) is 24.3 Å². The Morgan fingerprint density at radius 1 is 1.13 bits per heavy atom. The number of piperazine rings is 1. The van der Waals surface area contributed by atoms with Crippen molar-refractivity contribution in [2.75, 3.05) is 31.1 Å². The second-order valence-corrected chi connectivity index (χ2v) is 9.25. The maximum atomic E-state index is 12.7. The van der Waals surface area contributed by atoms with Crippen LogP contribution in [0.3, 0.4) is 0 Å². The SMILES string of the molecule is CCc1ccc(CNC(=O)[C@@H]2CCc3nc(N4CCN(C(C)=O)CC4)sc3C2)cc1. The number of hydrogen-bond acceptors (Lipinski definition) is 5. The van der Waals surface area contributed by atoms with Crippen LogP contribution in [0.25, 0.3) is 0 Å². The largest absolute Gasteiger partial charge is 0.352 e. The van der Waals surface area contributed by atoms with Gasteiger partial charge in [-0.25, -0.2) is 4.98 Å². The first-order valence-electron chi connectivity index (χ1n) is 10.9. The third kappa shape index (κ3) is 4.67. The monoisotopic (exact) mass is 426 g/mol. The van der Waals surface area contributed by atoms with E-state index in [2.05, 4.69) is 41.4 Å². The van der Waals surface area contributed by atoms with Gasteiger partial charge in [-0.05, 0) is 36.8 Å². The van der Waals surface area contributed by atoms with Gasteiger partial charge in [0.25, 0.3) is 0 Å². The Balaban J connectivity index is 1.32. The van der Waals surface area contributed by atoms with E-state index in [0.717, 1.165) is 68.3 Å². The van der Waals surface area contributed by atoms with Crippen molar-refractivity contribution in [3.8, 4) is 0 Å². The molecule has 30 heavy (non-hydrogen) atoms. The van der Waals surface area contributed by atoms with Crippen LogP contribution in [0, 0.1) is 5.92 Å². The number of benzene rings is 1. The van der Waals surface area contributed by atoms with E-state index in [1.54, 1.807) is 18.3 Å². The minimum Gasteiger partial charge on any atom is -0.352 e. The molecule has 2 aromatic rings. The van der Waals surface area contributed by atoms with Gasteiger partial charge in [0.15, 0.2) is 5.13 Å². The standard InChI is InChI=1S/C23H30N4O2S/c1-3-17-4-6-18(7-5-17)15-24-22(29)19-8-9-20-21(14-19)30-23(25-20)27-12-10-26(11-13-27)16(2)28/h4-7,19H,3,8-15H2,1-2H3,(H,24,29)/t19-/m1/s1. The van der Waals surface area contributed by atoms with Crippen LogP contribution in [0.1, 0.15) is 42.0 Å². The normalized spacial score (nSPS) is 18.8. The minimum absolute atomic E-state index is 0.0234. The highest BCUT2D eigenvalue weighted by Crippen LogP contribution is 2.34. The Morgan fingerprint density at radius 3 is 2.50 bits per heavy atom. The highest BCUT2D eigenvalue weighted by atomic mass is 32.1. The van der Waals surface area contributed by atoms with E-state index in [1.807, 2.05) is 4.90 Å². The molecule has 1 atom stereocenters. The molecule has 2 amide bonds. The van der Waals surface area contributed by atoms with Crippen LogP contribution in [0.5, 0.6) is 0 Å². The van der Waals surface area contributed by atoms with Gasteiger partial charge in [0.2, 0.25) is 11.8 Å². The Hall–Kier alpha value is -2.41. The van der Waals surface area contributed by atoms with Gasteiger partial charge in [0.1, 0.15) is 0 Å². The van der Waals surface area contributed by atoms with Gasteiger partial charge in [-0.15, -0.1) is 11.3 Å². The number of amides is 2. The predicted molar refractivity (Wildman–Crippen MR) is 120 cm³/mol. The lowest BCUT2D eigenvalue weighted by Crippen LogP contribution is -2.48. The van der Waals surface area contributed by atoms with Crippen molar-refractivity contribution in [1.82, 2.24) is 15.2 Å². The molecule has 160 valence electrons. The molecule has 1 aliphatic carbocycles. The highest BCUT2D eigenvalue weighted by molar-refractivity contribution is 7.15. The number of thiazole rings is 1. The van der Waals surface area contributed by atoms with Crippen LogP contribution in [0.2, 0.25) is 0 Å². The molecule has 1 aromatic heterocycles. The fourth-order valence-corrected chi connectivity index (χ4v) is 5.40. The minimum atomic E-state index is 0.0234. The number of nitrogens with zero attached hydrogens (tertiary/aromatic N) is 3. The third-order valence-corrected chi connectivity index (χ3v) is 7.37. The average Bonchev–Trinajstić information content (AvgIpc) is 3.21. The fourth-order valence-electron chi connectivity index (χ4n) is 4.16. The van der Waals surface area contributed by atoms with Crippen molar-refractivity contribution in [1.29, 1.82) is 0 Å². The zero-order chi connectivity index (χ0) is 21.1. The Bertz CT molecular complexity index is 900. The summed E-state index contributed by atoms with van der Waals surface area (Å²) in [5.74, 6) is 0.309. The lowest BCUT2D eigenvalue weighted by atomic mass is 9.90. The van der Waals surface area contributed by atoms with Gasteiger partial charge >= 0.3 is 0 Å². The zero-order valence-corrected chi connectivity index (χ0v) is 18.6. The molecule has 0 radical (unpaired) electrons. The molecular formula is C23H30N4O2S. The topological polar surface area (TPSA) is 65.5 Å². The first-order valence-corrected chi connectivity index (χ1v) is 11.7. The van der Waals surface area contributed by atoms with Gasteiger partial charge in [-0.3, -0.25) is 9.59 Å². The number of nitrogens with one attached hydrogen (secondary N) is 1. The second kappa shape index (κ2) is 9.16. The van der Waals surface area contributed by atoms with Gasteiger partial charge < -0.3 is 15.1 Å². The average molecular weight is 427 g/mol. The lowest BCUT2D eigenvalue weighted by Gasteiger charge is -2.33. The van der Waals surface area contributed by atoms with Gasteiger partial charge in [0, 0.05) is 50.4 Å². The van der Waals surface area contributed by atoms with Crippen molar-refractivity contribution >= 4 is 28.3 Å². The van der Waals surface area contributed by atoms with Crippen molar-refractivity contribution in [3.05, 3.63) is 46.0 Å². The number of aromatic nitrogens is 1. The summed E-state index contributed by atoms with van der Waals surface area (Å²) in [6, 6.07) is 8.45. The maximum Gasteiger partial charge on any atom is 0.223 e. The van der Waals surface area contributed by atoms with Crippen molar-refractivity contribution in [2.45, 2.75) is 46.1 Å². The number of aryl methyl sites for hydroxylation is 2. The Kier molecular flexibility index (Phi) is 6.37. The van der Waals surface area contributed by atoms with Crippen molar-refractivity contribution in [3.63, 3.8) is 0 Å². The quantitative estimate of drug-likeness (QED) is 0.799. The molecule has 7 heteroatoms. The van der Waals surface area contributed by atoms with E-state index in [-0.39, 0.29) is 17.7 Å². The van der Waals surface area contributed by atoms with Crippen LogP contribution >= 0.6 is 11.3 Å². The van der Waals surface area contributed by atoms with Gasteiger partial charge in [-0.2, -0.15) is 0 Å². The lowest BCUT2D eigenvalue weighted by molar-refractivity contribution is -0.129.